The van der Waals surface area contributed by atoms with Gasteiger partial charge in [0.2, 0.25) is 0 Å². The zero-order valence-corrected chi connectivity index (χ0v) is 17.4. The topological polar surface area (TPSA) is 55.8 Å². The zero-order valence-electron chi connectivity index (χ0n) is 17.4. The van der Waals surface area contributed by atoms with Gasteiger partial charge in [-0.1, -0.05) is 31.0 Å². The van der Waals surface area contributed by atoms with Crippen LogP contribution in [0.4, 0.5) is 5.69 Å². The van der Waals surface area contributed by atoms with E-state index in [4.69, 9.17) is 9.47 Å². The van der Waals surface area contributed by atoms with Crippen LogP contribution in [0.25, 0.3) is 0 Å². The summed E-state index contributed by atoms with van der Waals surface area (Å²) in [6, 6.07) is 16.5. The van der Waals surface area contributed by atoms with Crippen LogP contribution in [0, 0.1) is 11.8 Å². The van der Waals surface area contributed by atoms with Crippen molar-refractivity contribution in [2.24, 2.45) is 0 Å². The first kappa shape index (κ1) is 22.0. The molecule has 2 aromatic carbocycles. The average Bonchev–Trinajstić information content (AvgIpc) is 2.77. The van der Waals surface area contributed by atoms with Crippen LogP contribution in [0.3, 0.4) is 0 Å². The molecular formula is C24H27NO4. The summed E-state index contributed by atoms with van der Waals surface area (Å²) >= 11 is 0. The minimum absolute atomic E-state index is 0.148. The van der Waals surface area contributed by atoms with Gasteiger partial charge in [0.05, 0.1) is 13.7 Å². The summed E-state index contributed by atoms with van der Waals surface area (Å²) in [5.41, 5.74) is -0.328. The lowest BCUT2D eigenvalue weighted by Crippen LogP contribution is -2.60. The van der Waals surface area contributed by atoms with E-state index < -0.39 is 11.5 Å². The van der Waals surface area contributed by atoms with Gasteiger partial charge in [-0.05, 0) is 56.2 Å². The van der Waals surface area contributed by atoms with E-state index in [9.17, 15) is 9.59 Å². The Morgan fingerprint density at radius 1 is 1.00 bits per heavy atom. The third-order valence-corrected chi connectivity index (χ3v) is 4.56. The van der Waals surface area contributed by atoms with E-state index in [0.29, 0.717) is 18.0 Å². The van der Waals surface area contributed by atoms with Gasteiger partial charge in [0.1, 0.15) is 5.75 Å². The maximum Gasteiger partial charge on any atom is 0.352 e. The highest BCUT2D eigenvalue weighted by atomic mass is 16.5. The minimum Gasteiger partial charge on any atom is -0.497 e. The largest absolute Gasteiger partial charge is 0.497 e. The number of rotatable bonds is 8. The van der Waals surface area contributed by atoms with E-state index >= 15 is 0 Å². The molecular weight excluding hydrogens is 366 g/mol. The smallest absolute Gasteiger partial charge is 0.352 e. The molecule has 2 rings (SSSR count). The predicted molar refractivity (Wildman–Crippen MR) is 114 cm³/mol. The van der Waals surface area contributed by atoms with E-state index in [0.717, 1.165) is 5.56 Å². The standard InChI is InChI=1S/C24H27NO4/c1-5-22(26)24(23(27)29-7-3,18-17-19-11-9-8-10-12-19)25(6-2)20-13-15-21(28-4)16-14-20/h8-16H,5-7H2,1-4H3. The molecule has 0 aliphatic heterocycles. The first-order valence-corrected chi connectivity index (χ1v) is 9.73. The van der Waals surface area contributed by atoms with Crippen LogP contribution in [-0.2, 0) is 14.3 Å². The molecule has 29 heavy (non-hydrogen) atoms. The van der Waals surface area contributed by atoms with Gasteiger partial charge in [-0.25, -0.2) is 4.79 Å². The SMILES string of the molecule is CCOC(=O)C(C#Cc1ccccc1)(C(=O)CC)N(CC)c1ccc(OC)cc1. The number of hydrogen-bond donors (Lipinski definition) is 0. The molecule has 0 saturated carbocycles. The van der Waals surface area contributed by atoms with Gasteiger partial charge in [0, 0.05) is 24.2 Å². The second kappa shape index (κ2) is 10.3. The highest BCUT2D eigenvalue weighted by Crippen LogP contribution is 2.29. The van der Waals surface area contributed by atoms with Gasteiger partial charge in [0.25, 0.3) is 5.54 Å². The van der Waals surface area contributed by atoms with Crippen LogP contribution in [0.2, 0.25) is 0 Å². The van der Waals surface area contributed by atoms with Crippen molar-refractivity contribution >= 4 is 17.4 Å². The number of anilines is 1. The molecule has 1 atom stereocenters. The summed E-state index contributed by atoms with van der Waals surface area (Å²) in [4.78, 5) is 28.1. The Kier molecular flexibility index (Phi) is 7.85. The Morgan fingerprint density at radius 2 is 1.66 bits per heavy atom. The first-order chi connectivity index (χ1) is 14.0. The molecule has 0 amide bonds. The van der Waals surface area contributed by atoms with Crippen molar-refractivity contribution < 1.29 is 19.1 Å². The molecule has 0 fully saturated rings. The maximum absolute atomic E-state index is 13.2. The molecule has 0 N–H and O–H groups in total. The average molecular weight is 393 g/mol. The molecule has 2 aromatic rings. The molecule has 0 radical (unpaired) electrons. The number of nitrogens with zero attached hydrogens (tertiary/aromatic N) is 1. The molecule has 0 aromatic heterocycles. The Bertz CT molecular complexity index is 881. The first-order valence-electron chi connectivity index (χ1n) is 9.73. The monoisotopic (exact) mass is 393 g/mol. The minimum atomic E-state index is -1.73. The summed E-state index contributed by atoms with van der Waals surface area (Å²) in [5, 5.41) is 0. The van der Waals surface area contributed by atoms with E-state index in [-0.39, 0.29) is 18.8 Å². The lowest BCUT2D eigenvalue weighted by molar-refractivity contribution is -0.150. The summed E-state index contributed by atoms with van der Waals surface area (Å²) < 4.78 is 10.6. The Morgan fingerprint density at radius 3 is 2.17 bits per heavy atom. The summed E-state index contributed by atoms with van der Waals surface area (Å²) in [6.07, 6.45) is 0.148. The zero-order chi connectivity index (χ0) is 21.3. The van der Waals surface area contributed by atoms with Gasteiger partial charge in [-0.3, -0.25) is 4.79 Å². The van der Waals surface area contributed by atoms with E-state index in [1.54, 1.807) is 38.0 Å². The fourth-order valence-electron chi connectivity index (χ4n) is 3.11. The second-order valence-corrected chi connectivity index (χ2v) is 6.27. The number of Topliss-reactive ketones (excluding diaryl/α,β-unsaturated/α-hetero) is 1. The van der Waals surface area contributed by atoms with Crippen molar-refractivity contribution in [3.8, 4) is 17.6 Å². The van der Waals surface area contributed by atoms with Gasteiger partial charge in [-0.2, -0.15) is 0 Å². The van der Waals surface area contributed by atoms with Crippen LogP contribution in [0.5, 0.6) is 5.75 Å². The Balaban J connectivity index is 2.68. The number of carbonyl (C=O) groups is 2. The highest BCUT2D eigenvalue weighted by molar-refractivity contribution is 6.15. The second-order valence-electron chi connectivity index (χ2n) is 6.27. The fourth-order valence-corrected chi connectivity index (χ4v) is 3.11. The summed E-state index contributed by atoms with van der Waals surface area (Å²) in [6.45, 7) is 5.87. The summed E-state index contributed by atoms with van der Waals surface area (Å²) in [7, 11) is 1.58. The van der Waals surface area contributed by atoms with Crippen LogP contribution in [0.15, 0.2) is 54.6 Å². The lowest BCUT2D eigenvalue weighted by atomic mass is 9.89. The van der Waals surface area contributed by atoms with Crippen molar-refractivity contribution in [2.75, 3.05) is 25.2 Å². The fraction of sp³-hybridized carbons (Fsp3) is 0.333. The van der Waals surface area contributed by atoms with Crippen molar-refractivity contribution in [3.05, 3.63) is 60.2 Å². The molecule has 0 spiro atoms. The van der Waals surface area contributed by atoms with Gasteiger partial charge < -0.3 is 14.4 Å². The van der Waals surface area contributed by atoms with Crippen molar-refractivity contribution in [1.82, 2.24) is 0 Å². The van der Waals surface area contributed by atoms with Crippen molar-refractivity contribution in [1.29, 1.82) is 0 Å². The van der Waals surface area contributed by atoms with Gasteiger partial charge >= 0.3 is 5.97 Å². The molecule has 5 heteroatoms. The van der Waals surface area contributed by atoms with E-state index in [1.807, 2.05) is 49.4 Å². The van der Waals surface area contributed by atoms with Crippen molar-refractivity contribution in [3.63, 3.8) is 0 Å². The number of esters is 1. The number of ether oxygens (including phenoxy) is 2. The quantitative estimate of drug-likeness (QED) is 0.387. The molecule has 0 aliphatic carbocycles. The maximum atomic E-state index is 13.2. The molecule has 0 heterocycles. The molecule has 5 nitrogen and oxygen atoms in total. The summed E-state index contributed by atoms with van der Waals surface area (Å²) in [5.74, 6) is 5.71. The predicted octanol–water partition coefficient (Wildman–Crippen LogP) is 3.85. The van der Waals surface area contributed by atoms with Crippen LogP contribution >= 0.6 is 0 Å². The molecule has 0 bridgehead atoms. The molecule has 1 unspecified atom stereocenters. The third kappa shape index (κ3) is 4.78. The van der Waals surface area contributed by atoms with Gasteiger partial charge in [0.15, 0.2) is 5.78 Å². The van der Waals surface area contributed by atoms with E-state index in [2.05, 4.69) is 11.8 Å². The number of methoxy groups -OCH3 is 1. The Hall–Kier alpha value is -3.26. The number of likely N-dealkylation sites (N-methyl/N-ethyl adjacent to an activating group) is 1. The number of benzene rings is 2. The Labute approximate surface area is 172 Å². The highest BCUT2D eigenvalue weighted by Gasteiger charge is 2.50. The molecule has 152 valence electrons. The van der Waals surface area contributed by atoms with E-state index in [1.165, 1.54) is 0 Å². The number of ketones is 1. The number of carbonyl (C=O) groups excluding carboxylic acids is 2. The van der Waals surface area contributed by atoms with Gasteiger partial charge in [-0.15, -0.1) is 0 Å². The van der Waals surface area contributed by atoms with Crippen LogP contribution in [-0.4, -0.2) is 37.6 Å². The van der Waals surface area contributed by atoms with Crippen LogP contribution < -0.4 is 9.64 Å². The number of hydrogen-bond acceptors (Lipinski definition) is 5. The molecule has 0 saturated heterocycles. The van der Waals surface area contributed by atoms with Crippen molar-refractivity contribution in [2.45, 2.75) is 32.7 Å². The third-order valence-electron chi connectivity index (χ3n) is 4.56. The lowest BCUT2D eigenvalue weighted by Gasteiger charge is -2.38. The normalized spacial score (nSPS) is 12.1. The molecule has 0 aliphatic rings. The van der Waals surface area contributed by atoms with Crippen LogP contribution in [0.1, 0.15) is 32.8 Å².